The number of rotatable bonds is 2. The summed E-state index contributed by atoms with van der Waals surface area (Å²) in [5.74, 6) is 0.0921. The Balaban J connectivity index is 3.12. The Labute approximate surface area is 91.5 Å². The van der Waals surface area contributed by atoms with Crippen LogP contribution in [0.15, 0.2) is 23.4 Å². The van der Waals surface area contributed by atoms with Crippen LogP contribution in [0.5, 0.6) is 0 Å². The second-order valence-electron chi connectivity index (χ2n) is 4.54. The van der Waals surface area contributed by atoms with Crippen molar-refractivity contribution in [2.45, 2.75) is 38.1 Å². The fraction of sp³-hybridized carbons (Fsp3) is 0.545. The molecule has 0 radical (unpaired) electrons. The quantitative estimate of drug-likeness (QED) is 0.778. The minimum absolute atomic E-state index is 0.00149. The first-order chi connectivity index (χ1) is 6.77. The van der Waals surface area contributed by atoms with Gasteiger partial charge in [0.25, 0.3) is 0 Å². The fourth-order valence-corrected chi connectivity index (χ4v) is 1.94. The van der Waals surface area contributed by atoms with Crippen LogP contribution in [0.1, 0.15) is 33.3 Å². The van der Waals surface area contributed by atoms with Crippen molar-refractivity contribution in [1.29, 1.82) is 0 Å². The molecule has 0 unspecified atom stereocenters. The lowest BCUT2D eigenvalue weighted by Gasteiger charge is -2.18. The molecule has 1 rings (SSSR count). The summed E-state index contributed by atoms with van der Waals surface area (Å²) < 4.78 is 23.0. The van der Waals surface area contributed by atoms with Gasteiger partial charge in [0.05, 0.1) is 5.75 Å². The van der Waals surface area contributed by atoms with Crippen molar-refractivity contribution in [1.82, 2.24) is 4.98 Å². The van der Waals surface area contributed by atoms with Gasteiger partial charge in [0.2, 0.25) is 0 Å². The highest BCUT2D eigenvalue weighted by Gasteiger charge is 2.17. The van der Waals surface area contributed by atoms with E-state index in [0.29, 0.717) is 0 Å². The first-order valence-electron chi connectivity index (χ1n) is 4.96. The summed E-state index contributed by atoms with van der Waals surface area (Å²) in [4.78, 5) is 4.00. The Morgan fingerprint density at radius 1 is 1.27 bits per heavy atom. The molecular formula is C11H17NO2S. The minimum atomic E-state index is -3.17. The van der Waals surface area contributed by atoms with Crippen molar-refractivity contribution in [2.75, 3.05) is 5.75 Å². The lowest BCUT2D eigenvalue weighted by Crippen LogP contribution is -2.13. The number of sulfone groups is 1. The number of hydrogen-bond acceptors (Lipinski definition) is 3. The molecule has 0 aliphatic heterocycles. The predicted octanol–water partition coefficient (Wildman–Crippen LogP) is 2.17. The zero-order valence-corrected chi connectivity index (χ0v) is 10.4. The maximum atomic E-state index is 11.5. The standard InChI is InChI=1S/C11H17NO2S/c1-5-15(13,14)10-7-6-9(8-12-10)11(2,3)4/h6-8H,5H2,1-4H3. The van der Waals surface area contributed by atoms with Crippen LogP contribution in [0, 0.1) is 0 Å². The molecule has 0 aliphatic rings. The van der Waals surface area contributed by atoms with E-state index < -0.39 is 9.84 Å². The molecule has 1 aromatic heterocycles. The molecule has 0 saturated heterocycles. The van der Waals surface area contributed by atoms with Crippen LogP contribution in [0.3, 0.4) is 0 Å². The number of pyridine rings is 1. The topological polar surface area (TPSA) is 47.0 Å². The van der Waals surface area contributed by atoms with E-state index in [9.17, 15) is 8.42 Å². The van der Waals surface area contributed by atoms with E-state index in [1.807, 2.05) is 6.07 Å². The van der Waals surface area contributed by atoms with Gasteiger partial charge in [-0.1, -0.05) is 33.8 Å². The third-order valence-corrected chi connectivity index (χ3v) is 3.94. The third-order valence-electron chi connectivity index (χ3n) is 2.30. The number of nitrogens with zero attached hydrogens (tertiary/aromatic N) is 1. The predicted molar refractivity (Wildman–Crippen MR) is 60.7 cm³/mol. The van der Waals surface area contributed by atoms with Crippen molar-refractivity contribution in [3.05, 3.63) is 23.9 Å². The number of hydrogen-bond donors (Lipinski definition) is 0. The van der Waals surface area contributed by atoms with E-state index in [2.05, 4.69) is 25.8 Å². The molecule has 1 aromatic rings. The molecule has 0 aromatic carbocycles. The summed E-state index contributed by atoms with van der Waals surface area (Å²) in [5.41, 5.74) is 1.04. The van der Waals surface area contributed by atoms with Gasteiger partial charge in [-0.15, -0.1) is 0 Å². The summed E-state index contributed by atoms with van der Waals surface area (Å²) in [7, 11) is -3.17. The Kier molecular flexibility index (Phi) is 3.19. The molecule has 0 fully saturated rings. The number of aromatic nitrogens is 1. The van der Waals surface area contributed by atoms with Crippen LogP contribution in [0.4, 0.5) is 0 Å². The van der Waals surface area contributed by atoms with Crippen molar-refractivity contribution >= 4 is 9.84 Å². The van der Waals surface area contributed by atoms with Crippen LogP contribution in [-0.4, -0.2) is 19.2 Å². The monoisotopic (exact) mass is 227 g/mol. The second-order valence-corrected chi connectivity index (χ2v) is 6.76. The van der Waals surface area contributed by atoms with E-state index in [1.165, 1.54) is 0 Å². The van der Waals surface area contributed by atoms with Crippen LogP contribution in [-0.2, 0) is 15.3 Å². The maximum absolute atomic E-state index is 11.5. The molecule has 4 heteroatoms. The van der Waals surface area contributed by atoms with E-state index >= 15 is 0 Å². The zero-order valence-electron chi connectivity index (χ0n) is 9.61. The summed E-state index contributed by atoms with van der Waals surface area (Å²) in [5, 5.41) is 0.165. The fourth-order valence-electron chi connectivity index (χ4n) is 1.16. The second kappa shape index (κ2) is 3.93. The van der Waals surface area contributed by atoms with Gasteiger partial charge in [0.15, 0.2) is 14.9 Å². The van der Waals surface area contributed by atoms with Gasteiger partial charge in [-0.2, -0.15) is 0 Å². The van der Waals surface area contributed by atoms with Crippen LogP contribution < -0.4 is 0 Å². The van der Waals surface area contributed by atoms with Crippen molar-refractivity contribution in [3.63, 3.8) is 0 Å². The van der Waals surface area contributed by atoms with Gasteiger partial charge in [-0.25, -0.2) is 13.4 Å². The maximum Gasteiger partial charge on any atom is 0.195 e. The van der Waals surface area contributed by atoms with E-state index in [1.54, 1.807) is 19.2 Å². The average Bonchev–Trinajstić information content (AvgIpc) is 2.17. The molecule has 1 heterocycles. The summed E-state index contributed by atoms with van der Waals surface area (Å²) in [6.45, 7) is 7.82. The molecule has 0 spiro atoms. The van der Waals surface area contributed by atoms with Gasteiger partial charge in [0.1, 0.15) is 0 Å². The van der Waals surface area contributed by atoms with Gasteiger partial charge >= 0.3 is 0 Å². The molecule has 0 N–H and O–H groups in total. The minimum Gasteiger partial charge on any atom is -0.244 e. The lowest BCUT2D eigenvalue weighted by atomic mass is 9.88. The van der Waals surface area contributed by atoms with Gasteiger partial charge in [-0.05, 0) is 17.0 Å². The molecular weight excluding hydrogens is 210 g/mol. The van der Waals surface area contributed by atoms with Crippen molar-refractivity contribution < 1.29 is 8.42 Å². The molecule has 0 atom stereocenters. The van der Waals surface area contributed by atoms with E-state index in [4.69, 9.17) is 0 Å². The van der Waals surface area contributed by atoms with Crippen LogP contribution >= 0.6 is 0 Å². The SMILES string of the molecule is CCS(=O)(=O)c1ccc(C(C)(C)C)cn1. The van der Waals surface area contributed by atoms with Gasteiger partial charge in [0, 0.05) is 6.20 Å². The van der Waals surface area contributed by atoms with E-state index in [0.717, 1.165) is 5.56 Å². The Morgan fingerprint density at radius 3 is 2.20 bits per heavy atom. The van der Waals surface area contributed by atoms with E-state index in [-0.39, 0.29) is 16.2 Å². The summed E-state index contributed by atoms with van der Waals surface area (Å²) >= 11 is 0. The van der Waals surface area contributed by atoms with Crippen molar-refractivity contribution in [3.8, 4) is 0 Å². The lowest BCUT2D eigenvalue weighted by molar-refractivity contribution is 0.580. The molecule has 0 aliphatic carbocycles. The highest BCUT2D eigenvalue weighted by molar-refractivity contribution is 7.91. The van der Waals surface area contributed by atoms with Crippen molar-refractivity contribution in [2.24, 2.45) is 0 Å². The highest BCUT2D eigenvalue weighted by Crippen LogP contribution is 2.21. The highest BCUT2D eigenvalue weighted by atomic mass is 32.2. The van der Waals surface area contributed by atoms with Gasteiger partial charge < -0.3 is 0 Å². The largest absolute Gasteiger partial charge is 0.244 e. The summed E-state index contributed by atoms with van der Waals surface area (Å²) in [6.07, 6.45) is 1.64. The Hall–Kier alpha value is -0.900. The zero-order chi connectivity index (χ0) is 11.7. The van der Waals surface area contributed by atoms with Crippen LogP contribution in [0.2, 0.25) is 0 Å². The first-order valence-corrected chi connectivity index (χ1v) is 6.62. The molecule has 0 bridgehead atoms. The third kappa shape index (κ3) is 2.78. The molecule has 15 heavy (non-hydrogen) atoms. The molecule has 0 saturated carbocycles. The Bertz CT molecular complexity index is 427. The molecule has 3 nitrogen and oxygen atoms in total. The Morgan fingerprint density at radius 2 is 1.87 bits per heavy atom. The summed E-state index contributed by atoms with van der Waals surface area (Å²) in [6, 6.07) is 3.41. The van der Waals surface area contributed by atoms with Gasteiger partial charge in [-0.3, -0.25) is 0 Å². The molecule has 0 amide bonds. The average molecular weight is 227 g/mol. The normalized spacial score (nSPS) is 12.8. The smallest absolute Gasteiger partial charge is 0.195 e. The van der Waals surface area contributed by atoms with Crippen LogP contribution in [0.25, 0.3) is 0 Å². The first kappa shape index (κ1) is 12.2. The molecule has 84 valence electrons.